The molecule has 1 unspecified atom stereocenters. The van der Waals surface area contributed by atoms with Gasteiger partial charge in [-0.2, -0.15) is 0 Å². The molecule has 0 radical (unpaired) electrons. The number of sulfonamides is 1. The zero-order valence-corrected chi connectivity index (χ0v) is 14.4. The second-order valence-electron chi connectivity index (χ2n) is 4.71. The molecule has 0 spiro atoms. The van der Waals surface area contributed by atoms with Gasteiger partial charge in [-0.15, -0.1) is 0 Å². The highest BCUT2D eigenvalue weighted by Crippen LogP contribution is 2.40. The van der Waals surface area contributed by atoms with E-state index in [0.717, 1.165) is 6.42 Å². The monoisotopic (exact) mass is 366 g/mol. The van der Waals surface area contributed by atoms with Crippen LogP contribution >= 0.6 is 35.6 Å². The van der Waals surface area contributed by atoms with E-state index < -0.39 is 15.7 Å². The van der Waals surface area contributed by atoms with Gasteiger partial charge in [-0.1, -0.05) is 48.6 Å². The summed E-state index contributed by atoms with van der Waals surface area (Å²) in [4.78, 5) is 1.50. The smallest absolute Gasteiger partial charge is 0.239 e. The molecule has 3 N–H and O–H groups in total. The summed E-state index contributed by atoms with van der Waals surface area (Å²) in [6.07, 6.45) is 0.804. The second kappa shape index (κ2) is 6.02. The Hall–Kier alpha value is -0.380. The number of nitrogens with zero attached hydrogens (tertiary/aromatic N) is 1. The van der Waals surface area contributed by atoms with Crippen LogP contribution in [0, 0.1) is 0 Å². The molecule has 116 valence electrons. The van der Waals surface area contributed by atoms with Crippen LogP contribution in [-0.2, 0) is 15.7 Å². The Morgan fingerprint density at radius 3 is 2.81 bits per heavy atom. The van der Waals surface area contributed by atoms with Crippen molar-refractivity contribution in [3.63, 3.8) is 0 Å². The molecule has 0 aliphatic carbocycles. The van der Waals surface area contributed by atoms with Crippen LogP contribution in [0.3, 0.4) is 0 Å². The first-order valence-electron chi connectivity index (χ1n) is 6.19. The van der Waals surface area contributed by atoms with Crippen LogP contribution < -0.4 is 5.14 Å². The number of thioether (sulfide) groups is 1. The van der Waals surface area contributed by atoms with Gasteiger partial charge in [0.05, 0.1) is 10.8 Å². The minimum atomic E-state index is -3.96. The lowest BCUT2D eigenvalue weighted by Gasteiger charge is -2.34. The summed E-state index contributed by atoms with van der Waals surface area (Å²) in [5, 5.41) is 16.1. The van der Waals surface area contributed by atoms with Gasteiger partial charge in [-0.25, -0.2) is 13.6 Å². The lowest BCUT2D eigenvalue weighted by atomic mass is 10.0. The number of rotatable bonds is 4. The van der Waals surface area contributed by atoms with Crippen molar-refractivity contribution in [1.82, 2.24) is 4.90 Å². The highest BCUT2D eigenvalue weighted by atomic mass is 35.5. The van der Waals surface area contributed by atoms with Crippen molar-refractivity contribution >= 4 is 49.9 Å². The maximum absolute atomic E-state index is 11.6. The van der Waals surface area contributed by atoms with Gasteiger partial charge in [0.2, 0.25) is 10.0 Å². The summed E-state index contributed by atoms with van der Waals surface area (Å²) in [5.41, 5.74) is -0.932. The number of primary sulfonamides is 1. The van der Waals surface area contributed by atoms with Crippen LogP contribution in [0.1, 0.15) is 18.9 Å². The standard InChI is InChI=1S/C12H15ClN2O3S3/c1-2-5-15-11(19)20-7-12(15,16)8-3-4-9(13)10(6-8)21(14,17)18/h3-4,6,16H,2,5,7H2,1H3,(H2,14,17,18). The van der Waals surface area contributed by atoms with Crippen molar-refractivity contribution in [2.45, 2.75) is 24.0 Å². The molecule has 21 heavy (non-hydrogen) atoms. The Balaban J connectivity index is 2.53. The van der Waals surface area contributed by atoms with E-state index in [1.807, 2.05) is 6.92 Å². The van der Waals surface area contributed by atoms with Gasteiger partial charge in [-0.05, 0) is 18.6 Å². The van der Waals surface area contributed by atoms with Crippen LogP contribution in [0.25, 0.3) is 0 Å². The highest BCUT2D eigenvalue weighted by molar-refractivity contribution is 8.23. The largest absolute Gasteiger partial charge is 0.366 e. The third-order valence-electron chi connectivity index (χ3n) is 3.21. The van der Waals surface area contributed by atoms with Gasteiger partial charge < -0.3 is 10.0 Å². The van der Waals surface area contributed by atoms with Crippen molar-refractivity contribution in [3.05, 3.63) is 28.8 Å². The topological polar surface area (TPSA) is 83.6 Å². The van der Waals surface area contributed by atoms with Gasteiger partial charge in [0.25, 0.3) is 0 Å². The first-order valence-corrected chi connectivity index (χ1v) is 9.51. The summed E-state index contributed by atoms with van der Waals surface area (Å²) in [7, 11) is -3.96. The summed E-state index contributed by atoms with van der Waals surface area (Å²) in [6, 6.07) is 4.33. The highest BCUT2D eigenvalue weighted by Gasteiger charge is 2.44. The molecule has 0 amide bonds. The Kier molecular flexibility index (Phi) is 4.87. The van der Waals surface area contributed by atoms with Gasteiger partial charge in [0.1, 0.15) is 9.22 Å². The van der Waals surface area contributed by atoms with Crippen LogP contribution in [-0.4, -0.2) is 35.0 Å². The van der Waals surface area contributed by atoms with E-state index in [2.05, 4.69) is 0 Å². The molecule has 1 atom stereocenters. The molecule has 1 aromatic carbocycles. The molecule has 5 nitrogen and oxygen atoms in total. The third kappa shape index (κ3) is 3.20. The van der Waals surface area contributed by atoms with Crippen LogP contribution in [0.5, 0.6) is 0 Å². The zero-order chi connectivity index (χ0) is 15.8. The van der Waals surface area contributed by atoms with Gasteiger partial charge in [-0.3, -0.25) is 0 Å². The van der Waals surface area contributed by atoms with Gasteiger partial charge >= 0.3 is 0 Å². The fourth-order valence-corrected chi connectivity index (χ4v) is 4.71. The molecule has 1 aromatic rings. The van der Waals surface area contributed by atoms with E-state index in [-0.39, 0.29) is 9.92 Å². The van der Waals surface area contributed by atoms with Crippen molar-refractivity contribution in [2.75, 3.05) is 12.3 Å². The molecular weight excluding hydrogens is 352 g/mol. The minimum absolute atomic E-state index is 0.0279. The molecule has 1 aliphatic rings. The second-order valence-corrected chi connectivity index (χ2v) is 8.26. The lowest BCUT2D eigenvalue weighted by Crippen LogP contribution is -2.45. The molecule has 1 fully saturated rings. The lowest BCUT2D eigenvalue weighted by molar-refractivity contribution is -0.0466. The predicted molar refractivity (Wildman–Crippen MR) is 88.8 cm³/mol. The molecular formula is C12H15ClN2O3S3. The van der Waals surface area contributed by atoms with E-state index in [1.54, 1.807) is 11.0 Å². The summed E-state index contributed by atoms with van der Waals surface area (Å²) in [6.45, 7) is 2.55. The predicted octanol–water partition coefficient (Wildman–Crippen LogP) is 1.88. The summed E-state index contributed by atoms with van der Waals surface area (Å²) in [5.74, 6) is 0.331. The number of benzene rings is 1. The quantitative estimate of drug-likeness (QED) is 0.791. The number of hydrogen-bond donors (Lipinski definition) is 2. The average molecular weight is 367 g/mol. The van der Waals surface area contributed by atoms with E-state index in [1.165, 1.54) is 23.9 Å². The first kappa shape index (κ1) is 17.0. The van der Waals surface area contributed by atoms with Crippen molar-refractivity contribution < 1.29 is 13.5 Å². The van der Waals surface area contributed by atoms with Crippen LogP contribution in [0.2, 0.25) is 5.02 Å². The maximum Gasteiger partial charge on any atom is 0.239 e. The average Bonchev–Trinajstić information content (AvgIpc) is 2.68. The molecule has 1 saturated heterocycles. The van der Waals surface area contributed by atoms with Crippen molar-refractivity contribution in [2.24, 2.45) is 5.14 Å². The van der Waals surface area contributed by atoms with E-state index >= 15 is 0 Å². The molecule has 2 rings (SSSR count). The molecule has 0 saturated carbocycles. The Bertz CT molecular complexity index is 680. The number of halogens is 1. The van der Waals surface area contributed by atoms with Gasteiger partial charge in [0, 0.05) is 12.1 Å². The molecule has 9 heteroatoms. The third-order valence-corrected chi connectivity index (χ3v) is 6.19. The minimum Gasteiger partial charge on any atom is -0.366 e. The number of aliphatic hydroxyl groups is 1. The van der Waals surface area contributed by atoms with E-state index in [4.69, 9.17) is 29.0 Å². The van der Waals surface area contributed by atoms with Crippen LogP contribution in [0.15, 0.2) is 23.1 Å². The van der Waals surface area contributed by atoms with Crippen LogP contribution in [0.4, 0.5) is 0 Å². The van der Waals surface area contributed by atoms with E-state index in [9.17, 15) is 13.5 Å². The Morgan fingerprint density at radius 2 is 2.24 bits per heavy atom. The fourth-order valence-electron chi connectivity index (χ4n) is 2.18. The maximum atomic E-state index is 11.6. The fraction of sp³-hybridized carbons (Fsp3) is 0.417. The van der Waals surface area contributed by atoms with Gasteiger partial charge in [0.15, 0.2) is 5.72 Å². The first-order chi connectivity index (χ1) is 9.70. The SMILES string of the molecule is CCCN1C(=S)SCC1(O)c1ccc(Cl)c(S(N)(=O)=O)c1. The molecule has 0 bridgehead atoms. The normalized spacial score (nSPS) is 22.9. The Labute approximate surface area is 138 Å². The molecule has 1 heterocycles. The summed E-state index contributed by atoms with van der Waals surface area (Å²) >= 11 is 12.5. The zero-order valence-electron chi connectivity index (χ0n) is 11.2. The molecule has 1 aliphatic heterocycles. The number of nitrogens with two attached hydrogens (primary N) is 1. The molecule has 0 aromatic heterocycles. The summed E-state index contributed by atoms with van der Waals surface area (Å²) < 4.78 is 23.7. The number of thiocarbonyl (C=S) groups is 1. The number of hydrogen-bond acceptors (Lipinski definition) is 5. The van der Waals surface area contributed by atoms with Crippen molar-refractivity contribution in [1.29, 1.82) is 0 Å². The van der Waals surface area contributed by atoms with E-state index in [0.29, 0.717) is 22.2 Å². The van der Waals surface area contributed by atoms with Crippen molar-refractivity contribution in [3.8, 4) is 0 Å². The Morgan fingerprint density at radius 1 is 1.57 bits per heavy atom.